The monoisotopic (exact) mass is 340 g/mol. The number of hydrogen-bond donors (Lipinski definition) is 1. The Bertz CT molecular complexity index is 498. The molecule has 2 unspecified atom stereocenters. The first-order valence-electron chi connectivity index (χ1n) is 8.84. The van der Waals surface area contributed by atoms with Gasteiger partial charge in [-0.25, -0.2) is 4.79 Å². The van der Waals surface area contributed by atoms with Crippen molar-refractivity contribution >= 4 is 12.1 Å². The molecule has 2 rings (SSSR count). The van der Waals surface area contributed by atoms with Gasteiger partial charge in [0.25, 0.3) is 0 Å². The van der Waals surface area contributed by atoms with Gasteiger partial charge < -0.3 is 15.2 Å². The van der Waals surface area contributed by atoms with Crippen LogP contribution >= 0.6 is 0 Å². The normalized spacial score (nSPS) is 26.7. The average Bonchev–Trinajstić information content (AvgIpc) is 2.94. The van der Waals surface area contributed by atoms with Crippen LogP contribution in [0.5, 0.6) is 0 Å². The van der Waals surface area contributed by atoms with E-state index in [-0.39, 0.29) is 23.8 Å². The fourth-order valence-corrected chi connectivity index (χ4v) is 3.88. The first kappa shape index (κ1) is 19.0. The molecule has 6 nitrogen and oxygen atoms in total. The molecule has 2 aliphatic rings. The number of nitrogens with two attached hydrogens (primary N) is 1. The van der Waals surface area contributed by atoms with Crippen LogP contribution in [0.3, 0.4) is 0 Å². The first-order valence-corrected chi connectivity index (χ1v) is 8.84. The number of nitrogens with zero attached hydrogens (tertiary/aromatic N) is 1. The van der Waals surface area contributed by atoms with Gasteiger partial charge in [0, 0.05) is 12.0 Å². The molecule has 1 spiro atoms. The minimum Gasteiger partial charge on any atom is -0.460 e. The summed E-state index contributed by atoms with van der Waals surface area (Å²) in [5.41, 5.74) is 4.91. The highest BCUT2D eigenvalue weighted by Crippen LogP contribution is 2.52. The summed E-state index contributed by atoms with van der Waals surface area (Å²) in [6, 6.07) is 0. The fraction of sp³-hybridized carbons (Fsp3) is 0.889. The molecule has 0 radical (unpaired) electrons. The third kappa shape index (κ3) is 3.85. The summed E-state index contributed by atoms with van der Waals surface area (Å²) < 4.78 is 11.1. The topological polar surface area (TPSA) is 81.9 Å². The van der Waals surface area contributed by atoms with Crippen molar-refractivity contribution < 1.29 is 19.1 Å². The number of ether oxygens (including phenoxy) is 2. The van der Waals surface area contributed by atoms with Crippen LogP contribution in [0.25, 0.3) is 0 Å². The van der Waals surface area contributed by atoms with Crippen LogP contribution in [0.2, 0.25) is 0 Å². The zero-order valence-corrected chi connectivity index (χ0v) is 15.8. The van der Waals surface area contributed by atoms with Gasteiger partial charge in [-0.2, -0.15) is 0 Å². The van der Waals surface area contributed by atoms with E-state index in [1.165, 1.54) is 4.90 Å². The van der Waals surface area contributed by atoms with Crippen LogP contribution in [-0.4, -0.2) is 40.9 Å². The molecule has 1 aliphatic carbocycles. The maximum Gasteiger partial charge on any atom is 0.411 e. The van der Waals surface area contributed by atoms with E-state index in [2.05, 4.69) is 0 Å². The Kier molecular flexibility index (Phi) is 4.92. The number of carbonyl (C=O) groups is 2. The van der Waals surface area contributed by atoms with E-state index < -0.39 is 23.5 Å². The van der Waals surface area contributed by atoms with Crippen molar-refractivity contribution in [3.8, 4) is 0 Å². The molecule has 0 bridgehead atoms. The van der Waals surface area contributed by atoms with E-state index >= 15 is 0 Å². The van der Waals surface area contributed by atoms with Crippen LogP contribution in [0.4, 0.5) is 4.79 Å². The number of carbonyl (C=O) groups excluding carboxylic acids is 2. The predicted molar refractivity (Wildman–Crippen MR) is 91.2 cm³/mol. The molecule has 0 aromatic heterocycles. The molecular weight excluding hydrogens is 308 g/mol. The standard InChI is InChI=1S/C18H32N2O4/c1-16(2,3)23-13(21)12-11-20(15(22)24-17(4,5)6)14(19)18(12)9-7-8-10-18/h12,14H,7-11,19H2,1-6H3. The van der Waals surface area contributed by atoms with E-state index in [0.29, 0.717) is 0 Å². The highest BCUT2D eigenvalue weighted by molar-refractivity contribution is 5.78. The van der Waals surface area contributed by atoms with E-state index in [9.17, 15) is 9.59 Å². The Balaban J connectivity index is 2.24. The molecule has 0 aromatic rings. The number of rotatable bonds is 1. The molecule has 2 atom stereocenters. The van der Waals surface area contributed by atoms with Crippen molar-refractivity contribution in [2.75, 3.05) is 6.54 Å². The van der Waals surface area contributed by atoms with Gasteiger partial charge in [0.2, 0.25) is 0 Å². The second kappa shape index (κ2) is 6.21. The predicted octanol–water partition coefficient (Wildman–Crippen LogP) is 3.04. The Hall–Kier alpha value is -1.30. The average molecular weight is 340 g/mol. The van der Waals surface area contributed by atoms with E-state index in [1.54, 1.807) is 0 Å². The lowest BCUT2D eigenvalue weighted by molar-refractivity contribution is -0.163. The van der Waals surface area contributed by atoms with Crippen LogP contribution in [0.1, 0.15) is 67.2 Å². The third-order valence-corrected chi connectivity index (χ3v) is 4.85. The van der Waals surface area contributed by atoms with Crippen molar-refractivity contribution in [3.05, 3.63) is 0 Å². The number of esters is 1. The molecule has 0 aromatic carbocycles. The summed E-state index contributed by atoms with van der Waals surface area (Å²) in [7, 11) is 0. The number of amides is 1. The quantitative estimate of drug-likeness (QED) is 0.742. The Morgan fingerprint density at radius 2 is 1.50 bits per heavy atom. The second-order valence-electron chi connectivity index (χ2n) is 9.10. The van der Waals surface area contributed by atoms with Crippen molar-refractivity contribution in [1.82, 2.24) is 4.90 Å². The molecule has 1 aliphatic heterocycles. The third-order valence-electron chi connectivity index (χ3n) is 4.85. The molecule has 1 saturated heterocycles. The van der Waals surface area contributed by atoms with Gasteiger partial charge >= 0.3 is 12.1 Å². The van der Waals surface area contributed by atoms with Crippen molar-refractivity contribution in [2.45, 2.75) is 84.6 Å². The highest BCUT2D eigenvalue weighted by atomic mass is 16.6. The van der Waals surface area contributed by atoms with Crippen LogP contribution in [0, 0.1) is 11.3 Å². The molecule has 138 valence electrons. The minimum atomic E-state index is -0.594. The van der Waals surface area contributed by atoms with Gasteiger partial charge in [-0.05, 0) is 54.4 Å². The zero-order valence-electron chi connectivity index (χ0n) is 15.8. The van der Waals surface area contributed by atoms with Gasteiger partial charge in [-0.15, -0.1) is 0 Å². The Morgan fingerprint density at radius 3 is 1.96 bits per heavy atom. The van der Waals surface area contributed by atoms with Gasteiger partial charge in [0.05, 0.1) is 12.1 Å². The van der Waals surface area contributed by atoms with Crippen LogP contribution in [-0.2, 0) is 14.3 Å². The van der Waals surface area contributed by atoms with E-state index in [0.717, 1.165) is 25.7 Å². The molecule has 1 heterocycles. The smallest absolute Gasteiger partial charge is 0.411 e. The summed E-state index contributed by atoms with van der Waals surface area (Å²) in [5.74, 6) is -0.646. The largest absolute Gasteiger partial charge is 0.460 e. The molecule has 6 heteroatoms. The van der Waals surface area contributed by atoms with Crippen molar-refractivity contribution in [1.29, 1.82) is 0 Å². The highest BCUT2D eigenvalue weighted by Gasteiger charge is 2.59. The summed E-state index contributed by atoms with van der Waals surface area (Å²) in [6.07, 6.45) is 2.78. The van der Waals surface area contributed by atoms with Crippen LogP contribution < -0.4 is 5.73 Å². The second-order valence-corrected chi connectivity index (χ2v) is 9.10. The summed E-state index contributed by atoms with van der Waals surface area (Å²) in [5, 5.41) is 0. The fourth-order valence-electron chi connectivity index (χ4n) is 3.88. The van der Waals surface area contributed by atoms with Crippen molar-refractivity contribution in [3.63, 3.8) is 0 Å². The maximum absolute atomic E-state index is 12.8. The van der Waals surface area contributed by atoms with Gasteiger partial charge in [-0.3, -0.25) is 9.69 Å². The Morgan fingerprint density at radius 1 is 1.00 bits per heavy atom. The van der Waals surface area contributed by atoms with Gasteiger partial charge in [0.15, 0.2) is 0 Å². The van der Waals surface area contributed by atoms with E-state index in [1.807, 2.05) is 41.5 Å². The molecule has 1 saturated carbocycles. The minimum absolute atomic E-state index is 0.258. The molecular formula is C18H32N2O4. The molecule has 24 heavy (non-hydrogen) atoms. The molecule has 2 fully saturated rings. The SMILES string of the molecule is CC(C)(C)OC(=O)C1CN(C(=O)OC(C)(C)C)C(N)C12CCCC2. The van der Waals surface area contributed by atoms with Crippen LogP contribution in [0.15, 0.2) is 0 Å². The first-order chi connectivity index (χ1) is 10.9. The van der Waals surface area contributed by atoms with Gasteiger partial charge in [-0.1, -0.05) is 12.8 Å². The summed E-state index contributed by atoms with van der Waals surface area (Å²) in [4.78, 5) is 26.8. The van der Waals surface area contributed by atoms with Gasteiger partial charge in [0.1, 0.15) is 11.2 Å². The number of hydrogen-bond acceptors (Lipinski definition) is 5. The summed E-state index contributed by atoms with van der Waals surface area (Å²) >= 11 is 0. The lowest BCUT2D eigenvalue weighted by Crippen LogP contribution is -2.50. The molecule has 2 N–H and O–H groups in total. The Labute approximate surface area is 145 Å². The number of likely N-dealkylation sites (tertiary alicyclic amines) is 1. The van der Waals surface area contributed by atoms with E-state index in [4.69, 9.17) is 15.2 Å². The molecule has 1 amide bonds. The zero-order chi connectivity index (χ0) is 18.3. The lowest BCUT2D eigenvalue weighted by atomic mass is 9.74. The lowest BCUT2D eigenvalue weighted by Gasteiger charge is -2.35. The van der Waals surface area contributed by atoms with Crippen molar-refractivity contribution in [2.24, 2.45) is 17.1 Å². The maximum atomic E-state index is 12.8. The summed E-state index contributed by atoms with van der Waals surface area (Å²) in [6.45, 7) is 11.3.